The average Bonchev–Trinajstić information content (AvgIpc) is 2.55. The molecule has 0 aliphatic rings. The summed E-state index contributed by atoms with van der Waals surface area (Å²) in [6.45, 7) is -0.454. The number of thioether (sulfide) groups is 1. The summed E-state index contributed by atoms with van der Waals surface area (Å²) in [6.07, 6.45) is 3.38. The highest BCUT2D eigenvalue weighted by Crippen LogP contribution is 2.23. The van der Waals surface area contributed by atoms with E-state index in [-0.39, 0.29) is 15.7 Å². The first-order chi connectivity index (χ1) is 11.0. The monoisotopic (exact) mass is 370 g/mol. The van der Waals surface area contributed by atoms with Crippen LogP contribution in [0.15, 0.2) is 41.4 Å². The van der Waals surface area contributed by atoms with Crippen LogP contribution in [0.25, 0.3) is 0 Å². The average molecular weight is 371 g/mol. The first-order valence-electron chi connectivity index (χ1n) is 6.42. The van der Waals surface area contributed by atoms with Crippen molar-refractivity contribution in [1.82, 2.24) is 4.98 Å². The molecule has 5 nitrogen and oxygen atoms in total. The first-order valence-corrected chi connectivity index (χ1v) is 8.40. The highest BCUT2D eigenvalue weighted by Gasteiger charge is 2.15. The van der Waals surface area contributed by atoms with Crippen LogP contribution >= 0.6 is 35.0 Å². The van der Waals surface area contributed by atoms with E-state index < -0.39 is 18.5 Å². The van der Waals surface area contributed by atoms with Crippen LogP contribution in [0.2, 0.25) is 10.2 Å². The third-order valence-corrected chi connectivity index (χ3v) is 4.12. The number of rotatable bonds is 5. The minimum absolute atomic E-state index is 0.155. The Labute approximate surface area is 147 Å². The second-order valence-corrected chi connectivity index (χ2v) is 5.96. The Kier molecular flexibility index (Phi) is 6.27. The zero-order valence-corrected chi connectivity index (χ0v) is 14.3. The molecule has 0 aliphatic carbocycles. The lowest BCUT2D eigenvalue weighted by molar-refractivity contribution is -0.119. The van der Waals surface area contributed by atoms with Crippen molar-refractivity contribution in [2.45, 2.75) is 4.90 Å². The number of nitrogens with zero attached hydrogens (tertiary/aromatic N) is 1. The van der Waals surface area contributed by atoms with Crippen LogP contribution in [0.4, 0.5) is 5.69 Å². The van der Waals surface area contributed by atoms with Crippen LogP contribution in [-0.4, -0.2) is 29.7 Å². The number of ether oxygens (including phenoxy) is 1. The molecule has 1 aromatic carbocycles. The van der Waals surface area contributed by atoms with Gasteiger partial charge < -0.3 is 10.1 Å². The van der Waals surface area contributed by atoms with Gasteiger partial charge in [0.1, 0.15) is 0 Å². The molecule has 0 bridgehead atoms. The number of esters is 1. The van der Waals surface area contributed by atoms with Crippen molar-refractivity contribution in [3.63, 3.8) is 0 Å². The summed E-state index contributed by atoms with van der Waals surface area (Å²) in [7, 11) is 0. The van der Waals surface area contributed by atoms with Crippen LogP contribution < -0.4 is 5.32 Å². The van der Waals surface area contributed by atoms with Gasteiger partial charge in [-0.25, -0.2) is 9.78 Å². The number of carbonyl (C=O) groups is 2. The Morgan fingerprint density at radius 3 is 2.78 bits per heavy atom. The molecule has 0 unspecified atom stereocenters. The van der Waals surface area contributed by atoms with Crippen molar-refractivity contribution >= 4 is 52.5 Å². The Morgan fingerprint density at radius 1 is 1.30 bits per heavy atom. The van der Waals surface area contributed by atoms with Crippen molar-refractivity contribution in [2.24, 2.45) is 0 Å². The molecule has 23 heavy (non-hydrogen) atoms. The van der Waals surface area contributed by atoms with Crippen molar-refractivity contribution in [3.05, 3.63) is 52.3 Å². The van der Waals surface area contributed by atoms with Gasteiger partial charge in [-0.05, 0) is 36.6 Å². The van der Waals surface area contributed by atoms with Gasteiger partial charge in [0, 0.05) is 11.1 Å². The Hall–Kier alpha value is -1.76. The molecule has 0 saturated carbocycles. The normalized spacial score (nSPS) is 10.2. The van der Waals surface area contributed by atoms with Crippen LogP contribution in [0.3, 0.4) is 0 Å². The van der Waals surface area contributed by atoms with E-state index in [0.29, 0.717) is 5.69 Å². The summed E-state index contributed by atoms with van der Waals surface area (Å²) >= 11 is 13.3. The summed E-state index contributed by atoms with van der Waals surface area (Å²) in [5, 5.41) is 2.93. The molecular weight excluding hydrogens is 359 g/mol. The highest BCUT2D eigenvalue weighted by molar-refractivity contribution is 7.98. The predicted molar refractivity (Wildman–Crippen MR) is 91.4 cm³/mol. The number of halogens is 2. The number of anilines is 1. The lowest BCUT2D eigenvalue weighted by Gasteiger charge is -2.09. The fourth-order valence-electron chi connectivity index (χ4n) is 1.66. The summed E-state index contributed by atoms with van der Waals surface area (Å²) in [6, 6.07) is 8.24. The number of carbonyl (C=O) groups excluding carboxylic acids is 2. The molecule has 2 aromatic rings. The molecule has 0 saturated heterocycles. The number of pyridine rings is 1. The van der Waals surface area contributed by atoms with Gasteiger partial charge in [0.15, 0.2) is 11.8 Å². The van der Waals surface area contributed by atoms with Crippen LogP contribution in [0.1, 0.15) is 10.4 Å². The molecular formula is C15H12Cl2N2O3S. The first kappa shape index (κ1) is 17.6. The van der Waals surface area contributed by atoms with Gasteiger partial charge in [-0.1, -0.05) is 23.2 Å². The smallest absolute Gasteiger partial charge is 0.340 e. The van der Waals surface area contributed by atoms with E-state index in [1.165, 1.54) is 18.0 Å². The molecule has 0 aliphatic heterocycles. The fourth-order valence-corrected chi connectivity index (χ4v) is 2.46. The van der Waals surface area contributed by atoms with Crippen molar-refractivity contribution in [2.75, 3.05) is 18.2 Å². The Bertz CT molecular complexity index is 740. The summed E-state index contributed by atoms with van der Waals surface area (Å²) in [5.74, 6) is -1.19. The minimum atomic E-state index is -0.668. The lowest BCUT2D eigenvalue weighted by atomic mass is 10.2. The molecule has 1 heterocycles. The third-order valence-electron chi connectivity index (χ3n) is 2.76. The highest BCUT2D eigenvalue weighted by atomic mass is 35.5. The maximum absolute atomic E-state index is 12.0. The van der Waals surface area contributed by atoms with E-state index in [1.54, 1.807) is 30.3 Å². The van der Waals surface area contributed by atoms with Crippen LogP contribution in [-0.2, 0) is 9.53 Å². The van der Waals surface area contributed by atoms with Crippen molar-refractivity contribution in [1.29, 1.82) is 0 Å². The minimum Gasteiger partial charge on any atom is -0.452 e. The maximum atomic E-state index is 12.0. The second kappa shape index (κ2) is 8.19. The molecule has 120 valence electrons. The topological polar surface area (TPSA) is 68.3 Å². The van der Waals surface area contributed by atoms with Gasteiger partial charge in [0.2, 0.25) is 0 Å². The summed E-state index contributed by atoms with van der Waals surface area (Å²) in [4.78, 5) is 28.5. The van der Waals surface area contributed by atoms with E-state index in [2.05, 4.69) is 10.3 Å². The molecule has 0 spiro atoms. The third kappa shape index (κ3) is 4.86. The van der Waals surface area contributed by atoms with Crippen molar-refractivity contribution in [3.8, 4) is 0 Å². The number of hydrogen-bond donors (Lipinski definition) is 1. The zero-order valence-electron chi connectivity index (χ0n) is 12.0. The Morgan fingerprint density at radius 2 is 2.09 bits per heavy atom. The van der Waals surface area contributed by atoms with E-state index in [9.17, 15) is 9.59 Å². The molecule has 0 radical (unpaired) electrons. The summed E-state index contributed by atoms with van der Waals surface area (Å²) < 4.78 is 4.97. The van der Waals surface area contributed by atoms with E-state index >= 15 is 0 Å². The molecule has 1 amide bonds. The largest absolute Gasteiger partial charge is 0.452 e. The molecule has 8 heteroatoms. The molecule has 0 atom stereocenters. The van der Waals surface area contributed by atoms with Crippen LogP contribution in [0.5, 0.6) is 0 Å². The maximum Gasteiger partial charge on any atom is 0.340 e. The number of aromatic nitrogens is 1. The van der Waals surface area contributed by atoms with Crippen LogP contribution in [0, 0.1) is 0 Å². The van der Waals surface area contributed by atoms with Crippen molar-refractivity contribution < 1.29 is 14.3 Å². The SMILES string of the molecule is CSc1ccc(Cl)c(C(=O)OCC(=O)Nc2cccnc2Cl)c1. The van der Waals surface area contributed by atoms with E-state index in [1.807, 2.05) is 6.26 Å². The van der Waals surface area contributed by atoms with Gasteiger partial charge in [0.25, 0.3) is 5.91 Å². The van der Waals surface area contributed by atoms with Gasteiger partial charge in [-0.3, -0.25) is 4.79 Å². The van der Waals surface area contributed by atoms with Gasteiger partial charge in [-0.15, -0.1) is 11.8 Å². The Balaban J connectivity index is 1.96. The molecule has 1 N–H and O–H groups in total. The standard InChI is InChI=1S/C15H12Cl2N2O3S/c1-23-9-4-5-11(16)10(7-9)15(21)22-8-13(20)19-12-3-2-6-18-14(12)17/h2-7H,8H2,1H3,(H,19,20). The molecule has 2 rings (SSSR count). The van der Waals surface area contributed by atoms with E-state index in [0.717, 1.165) is 4.90 Å². The molecule has 0 fully saturated rings. The zero-order chi connectivity index (χ0) is 16.8. The number of amides is 1. The van der Waals surface area contributed by atoms with E-state index in [4.69, 9.17) is 27.9 Å². The van der Waals surface area contributed by atoms with Gasteiger partial charge in [0.05, 0.1) is 16.3 Å². The number of nitrogens with one attached hydrogen (secondary N) is 1. The van der Waals surface area contributed by atoms with Gasteiger partial charge in [-0.2, -0.15) is 0 Å². The summed E-state index contributed by atoms with van der Waals surface area (Å²) in [5.41, 5.74) is 0.559. The number of benzene rings is 1. The number of hydrogen-bond acceptors (Lipinski definition) is 5. The van der Waals surface area contributed by atoms with Gasteiger partial charge >= 0.3 is 5.97 Å². The predicted octanol–water partition coefficient (Wildman–Crippen LogP) is 3.91. The quantitative estimate of drug-likeness (QED) is 0.490. The molecule has 1 aromatic heterocycles. The lowest BCUT2D eigenvalue weighted by Crippen LogP contribution is -2.21. The fraction of sp³-hybridized carbons (Fsp3) is 0.133. The second-order valence-electron chi connectivity index (χ2n) is 4.31.